The molecule has 0 radical (unpaired) electrons. The topological polar surface area (TPSA) is 41.4 Å². The maximum Gasteiger partial charge on any atom is 0.222 e. The highest BCUT2D eigenvalue weighted by Gasteiger charge is 2.23. The van der Waals surface area contributed by atoms with Crippen LogP contribution in [0.3, 0.4) is 0 Å². The van der Waals surface area contributed by atoms with Gasteiger partial charge in [-0.05, 0) is 51.1 Å². The van der Waals surface area contributed by atoms with Gasteiger partial charge in [0.1, 0.15) is 0 Å². The molecule has 0 unspecified atom stereocenters. The molecule has 0 bridgehead atoms. The maximum absolute atomic E-state index is 12.4. The fraction of sp³-hybridized carbons (Fsp3) is 0.474. The van der Waals surface area contributed by atoms with E-state index in [-0.39, 0.29) is 5.91 Å². The van der Waals surface area contributed by atoms with Crippen LogP contribution >= 0.6 is 0 Å². The summed E-state index contributed by atoms with van der Waals surface area (Å²) in [6.07, 6.45) is 7.33. The Bertz CT molecular complexity index is 657. The second-order valence-electron chi connectivity index (χ2n) is 6.70. The van der Waals surface area contributed by atoms with Gasteiger partial charge in [-0.3, -0.25) is 4.79 Å². The van der Waals surface area contributed by atoms with E-state index in [4.69, 9.17) is 0 Å². The fourth-order valence-corrected chi connectivity index (χ4v) is 3.25. The second kappa shape index (κ2) is 7.62. The van der Waals surface area contributed by atoms with Crippen molar-refractivity contribution in [3.63, 3.8) is 0 Å². The standard InChI is InChI=1S/C19H26N4O/c1-21(2)17-10-12-22(13-11-17)19(24)9-8-16-14-20-23(15-16)18-6-4-3-5-7-18/h3-7,14-15,17H,8-13H2,1-2H3. The van der Waals surface area contributed by atoms with Crippen molar-refractivity contribution in [3.05, 3.63) is 48.3 Å². The first kappa shape index (κ1) is 16.7. The van der Waals surface area contributed by atoms with Gasteiger partial charge >= 0.3 is 0 Å². The number of hydrogen-bond donors (Lipinski definition) is 0. The van der Waals surface area contributed by atoms with Crippen LogP contribution in [-0.4, -0.2) is 58.7 Å². The molecule has 0 atom stereocenters. The zero-order chi connectivity index (χ0) is 16.9. The molecule has 0 saturated carbocycles. The van der Waals surface area contributed by atoms with Gasteiger partial charge in [-0.2, -0.15) is 5.10 Å². The molecule has 1 amide bonds. The van der Waals surface area contributed by atoms with Crippen LogP contribution in [-0.2, 0) is 11.2 Å². The van der Waals surface area contributed by atoms with Crippen molar-refractivity contribution in [3.8, 4) is 5.69 Å². The van der Waals surface area contributed by atoms with E-state index in [1.165, 1.54) is 0 Å². The van der Waals surface area contributed by atoms with Gasteiger partial charge in [0.05, 0.1) is 11.9 Å². The smallest absolute Gasteiger partial charge is 0.222 e. The summed E-state index contributed by atoms with van der Waals surface area (Å²) < 4.78 is 1.86. The normalized spacial score (nSPS) is 15.9. The lowest BCUT2D eigenvalue weighted by atomic mass is 10.0. The van der Waals surface area contributed by atoms with Gasteiger partial charge in [-0.1, -0.05) is 18.2 Å². The van der Waals surface area contributed by atoms with Gasteiger partial charge in [-0.25, -0.2) is 4.68 Å². The number of carbonyl (C=O) groups excluding carboxylic acids is 1. The molecular weight excluding hydrogens is 300 g/mol. The lowest BCUT2D eigenvalue weighted by molar-refractivity contribution is -0.132. The molecule has 5 heteroatoms. The first-order valence-electron chi connectivity index (χ1n) is 8.66. The van der Waals surface area contributed by atoms with Crippen LogP contribution < -0.4 is 0 Å². The van der Waals surface area contributed by atoms with Crippen molar-refractivity contribution in [1.82, 2.24) is 19.6 Å². The molecular formula is C19H26N4O. The van der Waals surface area contributed by atoms with E-state index in [1.54, 1.807) is 0 Å². The number of likely N-dealkylation sites (tertiary alicyclic amines) is 1. The molecule has 3 rings (SSSR count). The highest BCUT2D eigenvalue weighted by molar-refractivity contribution is 5.76. The molecule has 2 aromatic rings. The largest absolute Gasteiger partial charge is 0.343 e. The Morgan fingerprint density at radius 3 is 2.58 bits per heavy atom. The van der Waals surface area contributed by atoms with Crippen molar-refractivity contribution in [1.29, 1.82) is 0 Å². The molecule has 1 fully saturated rings. The fourth-order valence-electron chi connectivity index (χ4n) is 3.25. The molecule has 24 heavy (non-hydrogen) atoms. The third-order valence-corrected chi connectivity index (χ3v) is 4.83. The highest BCUT2D eigenvalue weighted by atomic mass is 16.2. The van der Waals surface area contributed by atoms with Crippen molar-refractivity contribution in [2.45, 2.75) is 31.7 Å². The Balaban J connectivity index is 1.50. The van der Waals surface area contributed by atoms with Crippen molar-refractivity contribution in [2.24, 2.45) is 0 Å². The molecule has 2 heterocycles. The van der Waals surface area contributed by atoms with E-state index in [1.807, 2.05) is 52.3 Å². The number of rotatable bonds is 5. The Morgan fingerprint density at radius 1 is 1.21 bits per heavy atom. The minimum Gasteiger partial charge on any atom is -0.343 e. The van der Waals surface area contributed by atoms with E-state index < -0.39 is 0 Å². The van der Waals surface area contributed by atoms with Gasteiger partial charge in [0.15, 0.2) is 0 Å². The summed E-state index contributed by atoms with van der Waals surface area (Å²) in [5.41, 5.74) is 2.15. The number of amides is 1. The summed E-state index contributed by atoms with van der Waals surface area (Å²) in [5, 5.41) is 4.39. The van der Waals surface area contributed by atoms with Crippen LogP contribution in [0.4, 0.5) is 0 Å². The predicted octanol–water partition coefficient (Wildman–Crippen LogP) is 2.36. The molecule has 128 valence electrons. The maximum atomic E-state index is 12.4. The van der Waals surface area contributed by atoms with E-state index in [9.17, 15) is 4.79 Å². The Labute approximate surface area is 143 Å². The molecule has 1 aliphatic heterocycles. The Hall–Kier alpha value is -2.14. The highest BCUT2D eigenvalue weighted by Crippen LogP contribution is 2.16. The average molecular weight is 326 g/mol. The number of hydrogen-bond acceptors (Lipinski definition) is 3. The number of aryl methyl sites for hydroxylation is 1. The number of nitrogens with zero attached hydrogens (tertiary/aromatic N) is 4. The summed E-state index contributed by atoms with van der Waals surface area (Å²) in [6, 6.07) is 10.6. The van der Waals surface area contributed by atoms with Crippen molar-refractivity contribution >= 4 is 5.91 Å². The van der Waals surface area contributed by atoms with Crippen LogP contribution in [0.25, 0.3) is 5.69 Å². The van der Waals surface area contributed by atoms with Crippen LogP contribution in [0.5, 0.6) is 0 Å². The molecule has 1 saturated heterocycles. The minimum absolute atomic E-state index is 0.264. The first-order valence-corrected chi connectivity index (χ1v) is 8.66. The number of aromatic nitrogens is 2. The quantitative estimate of drug-likeness (QED) is 0.847. The number of piperidine rings is 1. The molecule has 1 aromatic heterocycles. The molecule has 1 aliphatic rings. The van der Waals surface area contributed by atoms with Crippen LogP contribution in [0.2, 0.25) is 0 Å². The average Bonchev–Trinajstić information content (AvgIpc) is 3.09. The van der Waals surface area contributed by atoms with E-state index in [2.05, 4.69) is 24.1 Å². The van der Waals surface area contributed by atoms with Gasteiger partial charge in [0, 0.05) is 31.7 Å². The summed E-state index contributed by atoms with van der Waals surface area (Å²) in [5.74, 6) is 0.264. The number of benzene rings is 1. The number of para-hydroxylation sites is 1. The minimum atomic E-state index is 0.264. The Kier molecular flexibility index (Phi) is 5.30. The van der Waals surface area contributed by atoms with Gasteiger partial charge < -0.3 is 9.80 Å². The number of carbonyl (C=O) groups is 1. The SMILES string of the molecule is CN(C)C1CCN(C(=O)CCc2cnn(-c3ccccc3)c2)CC1. The van der Waals surface area contributed by atoms with E-state index in [0.717, 1.165) is 43.6 Å². The zero-order valence-electron chi connectivity index (χ0n) is 14.6. The third-order valence-electron chi connectivity index (χ3n) is 4.83. The van der Waals surface area contributed by atoms with Crippen LogP contribution in [0.15, 0.2) is 42.7 Å². The van der Waals surface area contributed by atoms with E-state index in [0.29, 0.717) is 12.5 Å². The van der Waals surface area contributed by atoms with Crippen LogP contribution in [0, 0.1) is 0 Å². The lowest BCUT2D eigenvalue weighted by Crippen LogP contribution is -2.44. The summed E-state index contributed by atoms with van der Waals surface area (Å²) in [4.78, 5) is 16.7. The van der Waals surface area contributed by atoms with Gasteiger partial charge in [0.2, 0.25) is 5.91 Å². The molecule has 5 nitrogen and oxygen atoms in total. The molecule has 0 aliphatic carbocycles. The molecule has 0 spiro atoms. The van der Waals surface area contributed by atoms with Gasteiger partial charge in [0.25, 0.3) is 0 Å². The first-order chi connectivity index (χ1) is 11.6. The van der Waals surface area contributed by atoms with Crippen LogP contribution in [0.1, 0.15) is 24.8 Å². The summed E-state index contributed by atoms with van der Waals surface area (Å²) >= 11 is 0. The van der Waals surface area contributed by atoms with Crippen molar-refractivity contribution in [2.75, 3.05) is 27.2 Å². The zero-order valence-corrected chi connectivity index (χ0v) is 14.6. The predicted molar refractivity (Wildman–Crippen MR) is 95.2 cm³/mol. The second-order valence-corrected chi connectivity index (χ2v) is 6.70. The molecule has 0 N–H and O–H groups in total. The van der Waals surface area contributed by atoms with E-state index >= 15 is 0 Å². The monoisotopic (exact) mass is 326 g/mol. The summed E-state index contributed by atoms with van der Waals surface area (Å²) in [7, 11) is 4.24. The molecule has 1 aromatic carbocycles. The summed E-state index contributed by atoms with van der Waals surface area (Å²) in [6.45, 7) is 1.76. The lowest BCUT2D eigenvalue weighted by Gasteiger charge is -2.35. The van der Waals surface area contributed by atoms with Crippen molar-refractivity contribution < 1.29 is 4.79 Å². The Morgan fingerprint density at radius 2 is 1.92 bits per heavy atom. The van der Waals surface area contributed by atoms with Gasteiger partial charge in [-0.15, -0.1) is 0 Å². The third kappa shape index (κ3) is 4.03.